The van der Waals surface area contributed by atoms with Crippen molar-refractivity contribution in [3.8, 4) is 5.75 Å². The first kappa shape index (κ1) is 10.2. The maximum absolute atomic E-state index is 10.1. The predicted octanol–water partition coefficient (Wildman–Crippen LogP) is 2.33. The molecule has 0 unspecified atom stereocenters. The third kappa shape index (κ3) is 3.26. The second-order valence-electron chi connectivity index (χ2n) is 2.61. The van der Waals surface area contributed by atoms with Crippen LogP contribution in [0.4, 0.5) is 0 Å². The fourth-order valence-corrected chi connectivity index (χ4v) is 1.02. The molecule has 0 fully saturated rings. The smallest absolute Gasteiger partial charge is 0.235 e. The van der Waals surface area contributed by atoms with Gasteiger partial charge in [0, 0.05) is 6.08 Å². The second-order valence-corrected chi connectivity index (χ2v) is 2.61. The lowest BCUT2D eigenvalue weighted by Gasteiger charge is -2.02. The molecule has 0 aliphatic rings. The van der Waals surface area contributed by atoms with Gasteiger partial charge in [0.1, 0.15) is 5.75 Å². The van der Waals surface area contributed by atoms with Gasteiger partial charge in [0.2, 0.25) is 6.20 Å². The number of hydrogen-bond donors (Lipinski definition) is 0. The van der Waals surface area contributed by atoms with Crippen molar-refractivity contribution in [2.75, 3.05) is 6.61 Å². The van der Waals surface area contributed by atoms with Crippen LogP contribution in [0.25, 0.3) is 6.08 Å². The van der Waals surface area contributed by atoms with E-state index >= 15 is 0 Å². The zero-order chi connectivity index (χ0) is 10.4. The molecule has 1 rings (SSSR count). The van der Waals surface area contributed by atoms with Crippen LogP contribution in [0.15, 0.2) is 30.5 Å². The average molecular weight is 193 g/mol. The quantitative estimate of drug-likeness (QED) is 0.544. The summed E-state index contributed by atoms with van der Waals surface area (Å²) in [5, 5.41) is 10.1. The van der Waals surface area contributed by atoms with E-state index in [1.807, 2.05) is 13.0 Å². The summed E-state index contributed by atoms with van der Waals surface area (Å²) < 4.78 is 5.25. The van der Waals surface area contributed by atoms with Crippen molar-refractivity contribution >= 4 is 6.08 Å². The molecule has 0 spiro atoms. The lowest BCUT2D eigenvalue weighted by Crippen LogP contribution is -1.91. The van der Waals surface area contributed by atoms with E-state index in [0.717, 1.165) is 17.5 Å². The van der Waals surface area contributed by atoms with Crippen molar-refractivity contribution in [1.29, 1.82) is 0 Å². The number of hydrogen-bond acceptors (Lipinski definition) is 3. The highest BCUT2D eigenvalue weighted by Crippen LogP contribution is 2.14. The summed E-state index contributed by atoms with van der Waals surface area (Å²) in [5.41, 5.74) is 0.757. The molecule has 14 heavy (non-hydrogen) atoms. The molecule has 0 atom stereocenters. The highest BCUT2D eigenvalue weighted by molar-refractivity contribution is 5.50. The van der Waals surface area contributed by atoms with Gasteiger partial charge in [-0.2, -0.15) is 0 Å². The second kappa shape index (κ2) is 5.01. The first-order chi connectivity index (χ1) is 6.72. The Kier molecular flexibility index (Phi) is 3.67. The lowest BCUT2D eigenvalue weighted by molar-refractivity contribution is -0.400. The first-order valence-electron chi connectivity index (χ1n) is 4.27. The van der Waals surface area contributed by atoms with Crippen LogP contribution in [0.3, 0.4) is 0 Å². The van der Waals surface area contributed by atoms with Crippen molar-refractivity contribution < 1.29 is 9.66 Å². The van der Waals surface area contributed by atoms with Crippen LogP contribution in [0.2, 0.25) is 0 Å². The van der Waals surface area contributed by atoms with Crippen LogP contribution in [0.1, 0.15) is 12.5 Å². The maximum Gasteiger partial charge on any atom is 0.235 e. The van der Waals surface area contributed by atoms with Gasteiger partial charge in [0.05, 0.1) is 11.5 Å². The van der Waals surface area contributed by atoms with E-state index in [9.17, 15) is 10.1 Å². The monoisotopic (exact) mass is 193 g/mol. The van der Waals surface area contributed by atoms with Crippen molar-refractivity contribution in [3.05, 3.63) is 46.1 Å². The van der Waals surface area contributed by atoms with Crippen LogP contribution in [-0.2, 0) is 0 Å². The Morgan fingerprint density at radius 3 is 3.00 bits per heavy atom. The molecule has 1 aromatic rings. The normalized spacial score (nSPS) is 10.4. The van der Waals surface area contributed by atoms with E-state index in [1.54, 1.807) is 18.2 Å². The van der Waals surface area contributed by atoms with E-state index in [-0.39, 0.29) is 0 Å². The van der Waals surface area contributed by atoms with E-state index in [4.69, 9.17) is 4.74 Å². The third-order valence-electron chi connectivity index (χ3n) is 1.56. The minimum absolute atomic E-state index is 0.493. The van der Waals surface area contributed by atoms with Crippen molar-refractivity contribution in [1.82, 2.24) is 0 Å². The molecule has 1 aromatic carbocycles. The molecule has 0 saturated heterocycles. The molecule has 0 radical (unpaired) electrons. The number of rotatable bonds is 4. The number of ether oxygens (including phenoxy) is 1. The van der Waals surface area contributed by atoms with E-state index < -0.39 is 4.92 Å². The molecule has 0 amide bonds. The average Bonchev–Trinajstić information content (AvgIpc) is 2.16. The maximum atomic E-state index is 10.1. The fraction of sp³-hybridized carbons (Fsp3) is 0.200. The highest BCUT2D eigenvalue weighted by Gasteiger charge is 1.94. The van der Waals surface area contributed by atoms with E-state index in [1.165, 1.54) is 6.08 Å². The van der Waals surface area contributed by atoms with Crippen LogP contribution in [0.5, 0.6) is 5.75 Å². The highest BCUT2D eigenvalue weighted by atomic mass is 16.6. The summed E-state index contributed by atoms with van der Waals surface area (Å²) in [4.78, 5) is 9.58. The van der Waals surface area contributed by atoms with Gasteiger partial charge < -0.3 is 4.74 Å². The lowest BCUT2D eigenvalue weighted by atomic mass is 10.2. The van der Waals surface area contributed by atoms with Crippen LogP contribution in [0, 0.1) is 10.1 Å². The molecule has 0 aliphatic heterocycles. The van der Waals surface area contributed by atoms with E-state index in [0.29, 0.717) is 6.61 Å². The summed E-state index contributed by atoms with van der Waals surface area (Å²) >= 11 is 0. The van der Waals surface area contributed by atoms with Crippen molar-refractivity contribution in [3.63, 3.8) is 0 Å². The van der Waals surface area contributed by atoms with Gasteiger partial charge in [-0.1, -0.05) is 12.1 Å². The summed E-state index contributed by atoms with van der Waals surface area (Å²) in [6.07, 6.45) is 2.34. The minimum atomic E-state index is -0.493. The molecule has 74 valence electrons. The van der Waals surface area contributed by atoms with Gasteiger partial charge in [0.15, 0.2) is 0 Å². The Morgan fingerprint density at radius 1 is 1.57 bits per heavy atom. The largest absolute Gasteiger partial charge is 0.494 e. The summed E-state index contributed by atoms with van der Waals surface area (Å²) in [7, 11) is 0. The first-order valence-corrected chi connectivity index (χ1v) is 4.27. The summed E-state index contributed by atoms with van der Waals surface area (Å²) in [5.74, 6) is 0.720. The zero-order valence-corrected chi connectivity index (χ0v) is 7.84. The Balaban J connectivity index is 2.77. The molecule has 0 N–H and O–H groups in total. The summed E-state index contributed by atoms with van der Waals surface area (Å²) in [6, 6.07) is 7.14. The minimum Gasteiger partial charge on any atom is -0.494 e. The van der Waals surface area contributed by atoms with Crippen LogP contribution in [-0.4, -0.2) is 11.5 Å². The molecule has 4 heteroatoms. The van der Waals surface area contributed by atoms with Crippen LogP contribution >= 0.6 is 0 Å². The van der Waals surface area contributed by atoms with Gasteiger partial charge in [-0.25, -0.2) is 0 Å². The molecule has 0 aliphatic carbocycles. The molecule has 4 nitrogen and oxygen atoms in total. The number of nitro groups is 1. The van der Waals surface area contributed by atoms with Crippen LogP contribution < -0.4 is 4.74 Å². The molecule has 0 aromatic heterocycles. The SMILES string of the molecule is CCOc1cccc(C=C[N+](=O)[O-])c1. The zero-order valence-electron chi connectivity index (χ0n) is 7.84. The Hall–Kier alpha value is -1.84. The standard InChI is InChI=1S/C10H11NO3/c1-2-14-10-5-3-4-9(8-10)6-7-11(12)13/h3-8H,2H2,1H3. The van der Waals surface area contributed by atoms with Crippen molar-refractivity contribution in [2.24, 2.45) is 0 Å². The number of nitrogens with zero attached hydrogens (tertiary/aromatic N) is 1. The summed E-state index contributed by atoms with van der Waals surface area (Å²) in [6.45, 7) is 2.47. The topological polar surface area (TPSA) is 52.4 Å². The molecule has 0 saturated carbocycles. The van der Waals surface area contributed by atoms with Gasteiger partial charge >= 0.3 is 0 Å². The Labute approximate surface area is 82.0 Å². The van der Waals surface area contributed by atoms with E-state index in [2.05, 4.69) is 0 Å². The Morgan fingerprint density at radius 2 is 2.36 bits per heavy atom. The van der Waals surface area contributed by atoms with Gasteiger partial charge in [0.25, 0.3) is 0 Å². The third-order valence-corrected chi connectivity index (χ3v) is 1.56. The predicted molar refractivity (Wildman–Crippen MR) is 53.6 cm³/mol. The van der Waals surface area contributed by atoms with Crippen molar-refractivity contribution in [2.45, 2.75) is 6.92 Å². The molecular weight excluding hydrogens is 182 g/mol. The van der Waals surface area contributed by atoms with Gasteiger partial charge in [-0.15, -0.1) is 0 Å². The molecule has 0 heterocycles. The van der Waals surface area contributed by atoms with Gasteiger partial charge in [-0.05, 0) is 24.6 Å². The molecule has 0 bridgehead atoms. The number of benzene rings is 1. The Bertz CT molecular complexity index is 347. The van der Waals surface area contributed by atoms with Gasteiger partial charge in [-0.3, -0.25) is 10.1 Å². The molecular formula is C10H11NO3. The fourth-order valence-electron chi connectivity index (χ4n) is 1.02.